The molecule has 0 amide bonds. The number of aliphatic hydroxyl groups excluding tert-OH is 1. The van der Waals surface area contributed by atoms with Gasteiger partial charge in [-0.15, -0.1) is 0 Å². The molecule has 1 saturated heterocycles. The zero-order valence-electron chi connectivity index (χ0n) is 17.7. The lowest BCUT2D eigenvalue weighted by Gasteiger charge is -2.32. The molecule has 0 unspecified atom stereocenters. The quantitative estimate of drug-likeness (QED) is 0.695. The van der Waals surface area contributed by atoms with Crippen LogP contribution in [0.15, 0.2) is 36.8 Å². The summed E-state index contributed by atoms with van der Waals surface area (Å²) in [4.78, 5) is 8.64. The molecule has 0 radical (unpaired) electrons. The summed E-state index contributed by atoms with van der Waals surface area (Å²) in [5.41, 5.74) is 4.21. The maximum atomic E-state index is 11.3. The first-order valence-electron chi connectivity index (χ1n) is 10.8. The van der Waals surface area contributed by atoms with Gasteiger partial charge in [-0.2, -0.15) is 0 Å². The summed E-state index contributed by atoms with van der Waals surface area (Å²) in [6.45, 7) is 5.71. The van der Waals surface area contributed by atoms with Gasteiger partial charge in [0.05, 0.1) is 11.8 Å². The molecule has 3 heterocycles. The van der Waals surface area contributed by atoms with E-state index >= 15 is 0 Å². The third-order valence-corrected chi connectivity index (χ3v) is 7.09. The highest BCUT2D eigenvalue weighted by atomic mass is 16.6. The van der Waals surface area contributed by atoms with E-state index in [1.165, 1.54) is 35.9 Å². The molecule has 5 atom stereocenters. The van der Waals surface area contributed by atoms with E-state index in [0.29, 0.717) is 5.65 Å². The van der Waals surface area contributed by atoms with E-state index in [0.717, 1.165) is 23.9 Å². The second kappa shape index (κ2) is 7.15. The van der Waals surface area contributed by atoms with Crippen LogP contribution < -0.4 is 0 Å². The van der Waals surface area contributed by atoms with Crippen LogP contribution in [0.5, 0.6) is 0 Å². The molecule has 1 aliphatic heterocycles. The molecule has 2 N–H and O–H groups in total. The van der Waals surface area contributed by atoms with Crippen molar-refractivity contribution in [3.8, 4) is 0 Å². The lowest BCUT2D eigenvalue weighted by atomic mass is 9.78. The van der Waals surface area contributed by atoms with Crippen LogP contribution >= 0.6 is 0 Å². The highest BCUT2D eigenvalue weighted by Gasteiger charge is 2.55. The summed E-state index contributed by atoms with van der Waals surface area (Å²) in [7, 11) is 0. The molecule has 158 valence electrons. The minimum Gasteiger partial charge on any atom is -0.385 e. The number of hydrogen-bond donors (Lipinski definition) is 2. The standard InChI is InChI=1S/C24H29N3O3/c1-14(17-10-6-8-16-7-4-5-9-19(16)17)21-24(3,29)20(28)23(30-21)27-12-11-18-15(2)25-13-26-22(18)27/h6,8,10-14,20-21,23,28-29H,4-5,7,9H2,1-3H3/t14-,20-,21+,23+,24-/m0/s1. The lowest BCUT2D eigenvalue weighted by Crippen LogP contribution is -2.46. The van der Waals surface area contributed by atoms with Crippen molar-refractivity contribution in [2.24, 2.45) is 0 Å². The van der Waals surface area contributed by atoms with Gasteiger partial charge in [0, 0.05) is 17.5 Å². The Morgan fingerprint density at radius 3 is 2.83 bits per heavy atom. The second-order valence-electron chi connectivity index (χ2n) is 9.02. The molecule has 0 bridgehead atoms. The largest absolute Gasteiger partial charge is 0.385 e. The van der Waals surface area contributed by atoms with Crippen molar-refractivity contribution >= 4 is 11.0 Å². The predicted octanol–water partition coefficient (Wildman–Crippen LogP) is 3.43. The van der Waals surface area contributed by atoms with E-state index in [9.17, 15) is 10.2 Å². The molecule has 30 heavy (non-hydrogen) atoms. The molecule has 2 aliphatic rings. The van der Waals surface area contributed by atoms with Gasteiger partial charge in [0.1, 0.15) is 23.7 Å². The zero-order chi connectivity index (χ0) is 21.0. The molecular formula is C24H29N3O3. The highest BCUT2D eigenvalue weighted by molar-refractivity contribution is 5.78. The van der Waals surface area contributed by atoms with Crippen molar-refractivity contribution in [3.63, 3.8) is 0 Å². The van der Waals surface area contributed by atoms with E-state index in [-0.39, 0.29) is 5.92 Å². The fourth-order valence-electron chi connectivity index (χ4n) is 5.36. The number of aryl methyl sites for hydroxylation is 2. The first-order valence-corrected chi connectivity index (χ1v) is 10.8. The third kappa shape index (κ3) is 2.89. The van der Waals surface area contributed by atoms with Crippen molar-refractivity contribution in [2.45, 2.75) is 76.4 Å². The average Bonchev–Trinajstić information content (AvgIpc) is 3.27. The summed E-state index contributed by atoms with van der Waals surface area (Å²) in [6.07, 6.45) is 5.65. The Hall–Kier alpha value is -2.28. The minimum absolute atomic E-state index is 0.0501. The fraction of sp³-hybridized carbons (Fsp3) is 0.500. The minimum atomic E-state index is -1.39. The van der Waals surface area contributed by atoms with Crippen LogP contribution in [-0.2, 0) is 17.6 Å². The predicted molar refractivity (Wildman–Crippen MR) is 114 cm³/mol. The van der Waals surface area contributed by atoms with Crippen LogP contribution in [0.4, 0.5) is 0 Å². The van der Waals surface area contributed by atoms with Crippen LogP contribution in [0.3, 0.4) is 0 Å². The van der Waals surface area contributed by atoms with Gasteiger partial charge in [0.25, 0.3) is 0 Å². The van der Waals surface area contributed by atoms with Gasteiger partial charge in [0.15, 0.2) is 6.23 Å². The number of aromatic nitrogens is 3. The van der Waals surface area contributed by atoms with E-state index < -0.39 is 24.0 Å². The average molecular weight is 408 g/mol. The Morgan fingerprint density at radius 2 is 2.00 bits per heavy atom. The van der Waals surface area contributed by atoms with Crippen molar-refractivity contribution < 1.29 is 14.9 Å². The number of benzene rings is 1. The Balaban J connectivity index is 1.52. The zero-order valence-corrected chi connectivity index (χ0v) is 17.7. The Bertz CT molecular complexity index is 1090. The van der Waals surface area contributed by atoms with Gasteiger partial charge in [-0.25, -0.2) is 9.97 Å². The van der Waals surface area contributed by atoms with Gasteiger partial charge in [-0.05, 0) is 62.3 Å². The number of rotatable bonds is 3. The number of aliphatic hydroxyl groups is 2. The van der Waals surface area contributed by atoms with Gasteiger partial charge >= 0.3 is 0 Å². The monoisotopic (exact) mass is 407 g/mol. The number of nitrogens with zero attached hydrogens (tertiary/aromatic N) is 3. The van der Waals surface area contributed by atoms with E-state index in [1.807, 2.05) is 23.8 Å². The van der Waals surface area contributed by atoms with Crippen LogP contribution in [-0.4, -0.2) is 42.6 Å². The van der Waals surface area contributed by atoms with Crippen LogP contribution in [0.1, 0.15) is 61.2 Å². The van der Waals surface area contributed by atoms with Crippen molar-refractivity contribution in [1.82, 2.24) is 14.5 Å². The molecule has 3 aromatic rings. The van der Waals surface area contributed by atoms with Crippen molar-refractivity contribution in [2.75, 3.05) is 0 Å². The third-order valence-electron chi connectivity index (χ3n) is 7.09. The molecule has 2 aromatic heterocycles. The summed E-state index contributed by atoms with van der Waals surface area (Å²) in [5, 5.41) is 23.3. The van der Waals surface area contributed by atoms with Gasteiger partial charge < -0.3 is 19.5 Å². The van der Waals surface area contributed by atoms with Crippen molar-refractivity contribution in [1.29, 1.82) is 0 Å². The molecular weight excluding hydrogens is 378 g/mol. The first kappa shape index (κ1) is 19.7. The SMILES string of the molecule is Cc1ncnc2c1ccn2[C@@H]1O[C@H]([C@@H](C)c2cccc3c2CCCC3)[C@@](C)(O)[C@H]1O. The molecule has 6 heteroatoms. The fourth-order valence-corrected chi connectivity index (χ4v) is 5.36. The van der Waals surface area contributed by atoms with Crippen LogP contribution in [0.25, 0.3) is 11.0 Å². The van der Waals surface area contributed by atoms with Crippen LogP contribution in [0, 0.1) is 6.92 Å². The highest BCUT2D eigenvalue weighted by Crippen LogP contribution is 2.45. The number of hydrogen-bond acceptors (Lipinski definition) is 5. The van der Waals surface area contributed by atoms with E-state index in [1.54, 1.807) is 6.92 Å². The molecule has 1 fully saturated rings. The van der Waals surface area contributed by atoms with Crippen molar-refractivity contribution in [3.05, 3.63) is 59.2 Å². The van der Waals surface area contributed by atoms with Crippen LogP contribution in [0.2, 0.25) is 0 Å². The molecule has 0 saturated carbocycles. The topological polar surface area (TPSA) is 80.4 Å². The summed E-state index contributed by atoms with van der Waals surface area (Å²) < 4.78 is 8.21. The lowest BCUT2D eigenvalue weighted by molar-refractivity contribution is -0.0705. The maximum absolute atomic E-state index is 11.3. The smallest absolute Gasteiger partial charge is 0.164 e. The molecule has 1 aromatic carbocycles. The maximum Gasteiger partial charge on any atom is 0.164 e. The summed E-state index contributed by atoms with van der Waals surface area (Å²) >= 11 is 0. The first-order chi connectivity index (χ1) is 14.4. The summed E-state index contributed by atoms with van der Waals surface area (Å²) in [5.74, 6) is -0.0501. The number of ether oxygens (including phenoxy) is 1. The summed E-state index contributed by atoms with van der Waals surface area (Å²) in [6, 6.07) is 8.39. The normalized spacial score (nSPS) is 29.8. The van der Waals surface area contributed by atoms with E-state index in [4.69, 9.17) is 4.74 Å². The number of fused-ring (bicyclic) bond motifs is 2. The Kier molecular flexibility index (Phi) is 4.69. The molecule has 5 rings (SSSR count). The molecule has 6 nitrogen and oxygen atoms in total. The van der Waals surface area contributed by atoms with Gasteiger partial charge in [0.2, 0.25) is 0 Å². The second-order valence-corrected chi connectivity index (χ2v) is 9.02. The van der Waals surface area contributed by atoms with Gasteiger partial charge in [-0.1, -0.05) is 25.1 Å². The Morgan fingerprint density at radius 1 is 1.20 bits per heavy atom. The molecule has 0 spiro atoms. The Labute approximate surface area is 176 Å². The van der Waals surface area contributed by atoms with E-state index in [2.05, 4.69) is 35.1 Å². The van der Waals surface area contributed by atoms with Gasteiger partial charge in [-0.3, -0.25) is 0 Å². The molecule has 1 aliphatic carbocycles.